The van der Waals surface area contributed by atoms with Gasteiger partial charge in [-0.3, -0.25) is 14.8 Å². The maximum atomic E-state index is 13.1. The van der Waals surface area contributed by atoms with Gasteiger partial charge in [0, 0.05) is 37.6 Å². The molecule has 0 bridgehead atoms. The molecule has 1 aliphatic rings. The Balaban J connectivity index is 1.53. The highest BCUT2D eigenvalue weighted by Crippen LogP contribution is 2.33. The number of hydrogen-bond acceptors (Lipinski definition) is 6. The van der Waals surface area contributed by atoms with Crippen molar-refractivity contribution in [1.29, 1.82) is 0 Å². The largest absolute Gasteiger partial charge is 0.437 e. The lowest BCUT2D eigenvalue weighted by molar-refractivity contribution is 0.0698. The Hall–Kier alpha value is -3.42. The van der Waals surface area contributed by atoms with Crippen LogP contribution in [0.1, 0.15) is 40.6 Å². The Morgan fingerprint density at radius 1 is 1.10 bits per heavy atom. The van der Waals surface area contributed by atoms with Gasteiger partial charge in [-0.05, 0) is 44.0 Å². The average Bonchev–Trinajstić information content (AvgIpc) is 2.76. The zero-order chi connectivity index (χ0) is 20.2. The van der Waals surface area contributed by atoms with E-state index in [1.165, 1.54) is 18.3 Å². The quantitative estimate of drug-likeness (QED) is 0.675. The van der Waals surface area contributed by atoms with Gasteiger partial charge in [-0.2, -0.15) is 0 Å². The van der Waals surface area contributed by atoms with E-state index < -0.39 is 0 Å². The van der Waals surface area contributed by atoms with Gasteiger partial charge in [-0.25, -0.2) is 14.4 Å². The highest BCUT2D eigenvalue weighted by molar-refractivity contribution is 5.92. The molecule has 1 aromatic carbocycles. The van der Waals surface area contributed by atoms with E-state index in [-0.39, 0.29) is 17.6 Å². The Labute approximate surface area is 167 Å². The first-order valence-corrected chi connectivity index (χ1v) is 9.42. The molecule has 1 amide bonds. The molecule has 0 N–H and O–H groups in total. The molecular weight excluding hydrogens is 373 g/mol. The summed E-state index contributed by atoms with van der Waals surface area (Å²) in [4.78, 5) is 31.7. The molecule has 7 nitrogen and oxygen atoms in total. The van der Waals surface area contributed by atoms with Crippen molar-refractivity contribution in [1.82, 2.24) is 24.8 Å². The molecule has 1 unspecified atom stereocenters. The van der Waals surface area contributed by atoms with Crippen LogP contribution in [0.25, 0.3) is 0 Å². The summed E-state index contributed by atoms with van der Waals surface area (Å²) in [6.45, 7) is 2.97. The minimum atomic E-state index is -0.336. The summed E-state index contributed by atoms with van der Waals surface area (Å²) in [5.74, 6) is 0.347. The third-order valence-corrected chi connectivity index (χ3v) is 4.81. The van der Waals surface area contributed by atoms with Crippen molar-refractivity contribution in [2.45, 2.75) is 25.7 Å². The fraction of sp³-hybridized carbons (Fsp3) is 0.286. The SMILES string of the molecule is Cc1cnc(C(=O)N2CCCC(c3nccnc3Oc3ccc(F)cc3)C2)cn1. The fourth-order valence-corrected chi connectivity index (χ4v) is 3.36. The van der Waals surface area contributed by atoms with Gasteiger partial charge in [-0.1, -0.05) is 0 Å². The first-order valence-electron chi connectivity index (χ1n) is 9.42. The van der Waals surface area contributed by atoms with Gasteiger partial charge in [0.15, 0.2) is 0 Å². The van der Waals surface area contributed by atoms with Crippen LogP contribution in [0.2, 0.25) is 0 Å². The van der Waals surface area contributed by atoms with Gasteiger partial charge < -0.3 is 9.64 Å². The number of benzene rings is 1. The first-order chi connectivity index (χ1) is 14.1. The zero-order valence-electron chi connectivity index (χ0n) is 16.0. The summed E-state index contributed by atoms with van der Waals surface area (Å²) in [5.41, 5.74) is 1.78. The van der Waals surface area contributed by atoms with Gasteiger partial charge in [0.1, 0.15) is 23.0 Å². The van der Waals surface area contributed by atoms with E-state index in [1.54, 1.807) is 35.6 Å². The molecule has 148 valence electrons. The predicted octanol–water partition coefficient (Wildman–Crippen LogP) is 3.53. The summed E-state index contributed by atoms with van der Waals surface area (Å²) >= 11 is 0. The molecule has 3 aromatic rings. The lowest BCUT2D eigenvalue weighted by Gasteiger charge is -2.32. The zero-order valence-corrected chi connectivity index (χ0v) is 16.0. The van der Waals surface area contributed by atoms with Crippen LogP contribution < -0.4 is 4.74 Å². The number of aromatic nitrogens is 4. The van der Waals surface area contributed by atoms with Crippen LogP contribution in [0.3, 0.4) is 0 Å². The second-order valence-electron chi connectivity index (χ2n) is 6.94. The van der Waals surface area contributed by atoms with Crippen LogP contribution in [0, 0.1) is 12.7 Å². The van der Waals surface area contributed by atoms with Crippen molar-refractivity contribution in [2.24, 2.45) is 0 Å². The lowest BCUT2D eigenvalue weighted by Crippen LogP contribution is -2.39. The van der Waals surface area contributed by atoms with Gasteiger partial charge in [0.2, 0.25) is 5.88 Å². The maximum absolute atomic E-state index is 13.1. The number of halogens is 1. The van der Waals surface area contributed by atoms with Crippen LogP contribution >= 0.6 is 0 Å². The Bertz CT molecular complexity index is 995. The number of nitrogens with zero attached hydrogens (tertiary/aromatic N) is 5. The number of carbonyl (C=O) groups excluding carboxylic acids is 1. The second-order valence-corrected chi connectivity index (χ2v) is 6.94. The lowest BCUT2D eigenvalue weighted by atomic mass is 9.94. The Kier molecular flexibility index (Phi) is 5.41. The summed E-state index contributed by atoms with van der Waals surface area (Å²) in [7, 11) is 0. The third-order valence-electron chi connectivity index (χ3n) is 4.81. The number of hydrogen-bond donors (Lipinski definition) is 0. The van der Waals surface area contributed by atoms with E-state index >= 15 is 0 Å². The molecule has 4 rings (SSSR count). The number of likely N-dealkylation sites (tertiary alicyclic amines) is 1. The van der Waals surface area contributed by atoms with E-state index in [0.717, 1.165) is 18.5 Å². The molecule has 1 fully saturated rings. The summed E-state index contributed by atoms with van der Waals surface area (Å²) in [6, 6.07) is 5.74. The fourth-order valence-electron chi connectivity index (χ4n) is 3.36. The monoisotopic (exact) mass is 393 g/mol. The summed E-state index contributed by atoms with van der Waals surface area (Å²) in [5, 5.41) is 0. The molecule has 3 heterocycles. The number of rotatable bonds is 4. The van der Waals surface area contributed by atoms with Crippen LogP contribution in [-0.4, -0.2) is 43.8 Å². The molecule has 8 heteroatoms. The normalized spacial score (nSPS) is 16.5. The van der Waals surface area contributed by atoms with E-state index in [9.17, 15) is 9.18 Å². The highest BCUT2D eigenvalue weighted by Gasteiger charge is 2.29. The van der Waals surface area contributed by atoms with Crippen LogP contribution in [0.4, 0.5) is 4.39 Å². The Morgan fingerprint density at radius 3 is 2.66 bits per heavy atom. The molecule has 2 aromatic heterocycles. The minimum absolute atomic E-state index is 0.0183. The smallest absolute Gasteiger partial charge is 0.274 e. The van der Waals surface area contributed by atoms with Gasteiger partial charge >= 0.3 is 0 Å². The third kappa shape index (κ3) is 4.37. The van der Waals surface area contributed by atoms with Gasteiger partial charge in [0.05, 0.1) is 11.9 Å². The van der Waals surface area contributed by atoms with Crippen molar-refractivity contribution >= 4 is 5.91 Å². The molecule has 1 saturated heterocycles. The molecule has 1 aliphatic heterocycles. The molecule has 1 atom stereocenters. The standard InChI is InChI=1S/C21H20FN5O2/c1-14-11-26-18(12-25-14)21(28)27-10-2-3-15(13-27)19-20(24-9-8-23-19)29-17-6-4-16(22)5-7-17/h4-9,11-12,15H,2-3,10,13H2,1H3. The van der Waals surface area contributed by atoms with Crippen molar-refractivity contribution in [2.75, 3.05) is 13.1 Å². The van der Waals surface area contributed by atoms with Crippen LogP contribution in [-0.2, 0) is 0 Å². The van der Waals surface area contributed by atoms with Gasteiger partial charge in [-0.15, -0.1) is 0 Å². The number of ether oxygens (including phenoxy) is 1. The molecule has 0 aliphatic carbocycles. The van der Waals surface area contributed by atoms with E-state index in [1.807, 2.05) is 6.92 Å². The van der Waals surface area contributed by atoms with E-state index in [0.29, 0.717) is 36.1 Å². The predicted molar refractivity (Wildman–Crippen MR) is 103 cm³/mol. The van der Waals surface area contributed by atoms with E-state index in [4.69, 9.17) is 4.74 Å². The van der Waals surface area contributed by atoms with Crippen LogP contribution in [0.15, 0.2) is 49.1 Å². The highest BCUT2D eigenvalue weighted by atomic mass is 19.1. The maximum Gasteiger partial charge on any atom is 0.274 e. The van der Waals surface area contributed by atoms with Crippen molar-refractivity contribution in [3.63, 3.8) is 0 Å². The molecular formula is C21H20FN5O2. The van der Waals surface area contributed by atoms with Crippen LogP contribution in [0.5, 0.6) is 11.6 Å². The topological polar surface area (TPSA) is 81.1 Å². The molecule has 0 radical (unpaired) electrons. The van der Waals surface area contributed by atoms with Crippen molar-refractivity contribution < 1.29 is 13.9 Å². The number of aryl methyl sites for hydroxylation is 1. The number of piperidine rings is 1. The minimum Gasteiger partial charge on any atom is -0.437 e. The molecule has 29 heavy (non-hydrogen) atoms. The molecule has 0 saturated carbocycles. The van der Waals surface area contributed by atoms with Gasteiger partial charge in [0.25, 0.3) is 5.91 Å². The van der Waals surface area contributed by atoms with E-state index in [2.05, 4.69) is 19.9 Å². The summed E-state index contributed by atoms with van der Waals surface area (Å²) < 4.78 is 19.0. The van der Waals surface area contributed by atoms with Crippen molar-refractivity contribution in [3.8, 4) is 11.6 Å². The van der Waals surface area contributed by atoms with Crippen molar-refractivity contribution in [3.05, 3.63) is 72.0 Å². The number of amides is 1. The number of carbonyl (C=O) groups is 1. The second kappa shape index (κ2) is 8.30. The summed E-state index contributed by atoms with van der Waals surface area (Å²) in [6.07, 6.45) is 7.96. The molecule has 0 spiro atoms. The average molecular weight is 393 g/mol. The first kappa shape index (κ1) is 18.9. The Morgan fingerprint density at radius 2 is 1.90 bits per heavy atom.